The Labute approximate surface area is 95.6 Å². The van der Waals surface area contributed by atoms with Crippen LogP contribution in [0.15, 0.2) is 48.7 Å². The summed E-state index contributed by atoms with van der Waals surface area (Å²) in [5.74, 6) is 0. The quantitative estimate of drug-likeness (QED) is 0.844. The number of pyridine rings is 1. The van der Waals surface area contributed by atoms with Gasteiger partial charge in [-0.2, -0.15) is 0 Å². The van der Waals surface area contributed by atoms with Crippen molar-refractivity contribution in [2.24, 2.45) is 0 Å². The number of benzene rings is 1. The molecule has 2 nitrogen and oxygen atoms in total. The highest BCUT2D eigenvalue weighted by molar-refractivity contribution is 5.28. The lowest BCUT2D eigenvalue weighted by Crippen LogP contribution is -2.01. The van der Waals surface area contributed by atoms with E-state index in [0.717, 1.165) is 12.1 Å². The van der Waals surface area contributed by atoms with Gasteiger partial charge in [0.25, 0.3) is 0 Å². The summed E-state index contributed by atoms with van der Waals surface area (Å²) in [6.45, 7) is 0.152. The first-order valence-corrected chi connectivity index (χ1v) is 5.47. The summed E-state index contributed by atoms with van der Waals surface area (Å²) in [7, 11) is 0. The summed E-state index contributed by atoms with van der Waals surface area (Å²) in [5, 5.41) is 8.97. The van der Waals surface area contributed by atoms with Crippen molar-refractivity contribution in [2.45, 2.75) is 12.8 Å². The maximum absolute atomic E-state index is 8.97. The highest BCUT2D eigenvalue weighted by Gasteiger charge is 2.03. The molecule has 0 fully saturated rings. The molecule has 2 heteroatoms. The van der Waals surface area contributed by atoms with Crippen molar-refractivity contribution in [3.63, 3.8) is 0 Å². The topological polar surface area (TPSA) is 33.1 Å². The minimum atomic E-state index is 0.152. The van der Waals surface area contributed by atoms with Crippen LogP contribution in [0.4, 0.5) is 0 Å². The first-order valence-electron chi connectivity index (χ1n) is 5.47. The Morgan fingerprint density at radius 1 is 1.00 bits per heavy atom. The lowest BCUT2D eigenvalue weighted by atomic mass is 10.0. The van der Waals surface area contributed by atoms with E-state index in [1.807, 2.05) is 24.3 Å². The second kappa shape index (κ2) is 5.42. The van der Waals surface area contributed by atoms with Gasteiger partial charge in [-0.3, -0.25) is 4.98 Å². The lowest BCUT2D eigenvalue weighted by molar-refractivity contribution is 0.298. The minimum absolute atomic E-state index is 0.152. The number of hydrogen-bond acceptors (Lipinski definition) is 2. The summed E-state index contributed by atoms with van der Waals surface area (Å²) in [4.78, 5) is 4.30. The van der Waals surface area contributed by atoms with Crippen LogP contribution in [-0.4, -0.2) is 16.7 Å². The molecular formula is C14H15NO. The molecule has 0 aliphatic carbocycles. The van der Waals surface area contributed by atoms with Crippen molar-refractivity contribution in [3.8, 4) is 0 Å². The van der Waals surface area contributed by atoms with Gasteiger partial charge in [-0.25, -0.2) is 0 Å². The SMILES string of the molecule is OCCc1ncccc1Cc1ccccc1. The average molecular weight is 213 g/mol. The fourth-order valence-corrected chi connectivity index (χ4v) is 1.78. The first kappa shape index (κ1) is 10.8. The second-order valence-electron chi connectivity index (χ2n) is 3.75. The van der Waals surface area contributed by atoms with Crippen LogP contribution in [0.2, 0.25) is 0 Å². The molecule has 82 valence electrons. The van der Waals surface area contributed by atoms with Crippen molar-refractivity contribution < 1.29 is 5.11 Å². The third-order valence-electron chi connectivity index (χ3n) is 2.57. The standard InChI is InChI=1S/C14H15NO/c16-10-8-14-13(7-4-9-15-14)11-12-5-2-1-3-6-12/h1-7,9,16H,8,10-11H2. The molecule has 0 bridgehead atoms. The Morgan fingerprint density at radius 3 is 2.56 bits per heavy atom. The third kappa shape index (κ3) is 2.67. The molecule has 0 radical (unpaired) electrons. The van der Waals surface area contributed by atoms with E-state index < -0.39 is 0 Å². The Morgan fingerprint density at radius 2 is 1.81 bits per heavy atom. The van der Waals surface area contributed by atoms with Crippen LogP contribution >= 0.6 is 0 Å². The minimum Gasteiger partial charge on any atom is -0.396 e. The fraction of sp³-hybridized carbons (Fsp3) is 0.214. The van der Waals surface area contributed by atoms with Gasteiger partial charge in [0.2, 0.25) is 0 Å². The van der Waals surface area contributed by atoms with Gasteiger partial charge in [-0.05, 0) is 23.6 Å². The van der Waals surface area contributed by atoms with E-state index in [4.69, 9.17) is 5.11 Å². The molecule has 1 N–H and O–H groups in total. The first-order chi connectivity index (χ1) is 7.90. The third-order valence-corrected chi connectivity index (χ3v) is 2.57. The molecule has 0 saturated carbocycles. The maximum atomic E-state index is 8.97. The van der Waals surface area contributed by atoms with Crippen molar-refractivity contribution in [1.29, 1.82) is 0 Å². The van der Waals surface area contributed by atoms with E-state index in [9.17, 15) is 0 Å². The largest absolute Gasteiger partial charge is 0.396 e. The summed E-state index contributed by atoms with van der Waals surface area (Å²) in [6.07, 6.45) is 3.28. The number of hydrogen-bond donors (Lipinski definition) is 1. The van der Waals surface area contributed by atoms with E-state index >= 15 is 0 Å². The number of nitrogens with zero attached hydrogens (tertiary/aromatic N) is 1. The molecule has 0 amide bonds. The number of aromatic nitrogens is 1. The van der Waals surface area contributed by atoms with Gasteiger partial charge >= 0.3 is 0 Å². The molecule has 0 spiro atoms. The smallest absolute Gasteiger partial charge is 0.0486 e. The number of aliphatic hydroxyl groups excluding tert-OH is 1. The maximum Gasteiger partial charge on any atom is 0.0486 e. The van der Waals surface area contributed by atoms with E-state index in [0.29, 0.717) is 6.42 Å². The zero-order valence-corrected chi connectivity index (χ0v) is 9.13. The average Bonchev–Trinajstić information content (AvgIpc) is 2.33. The molecule has 2 rings (SSSR count). The van der Waals surface area contributed by atoms with Crippen molar-refractivity contribution in [3.05, 3.63) is 65.5 Å². The molecule has 2 aromatic rings. The molecular weight excluding hydrogens is 198 g/mol. The Bertz CT molecular complexity index is 439. The zero-order chi connectivity index (χ0) is 11.2. The normalized spacial score (nSPS) is 10.3. The van der Waals surface area contributed by atoms with Crippen molar-refractivity contribution >= 4 is 0 Å². The molecule has 1 heterocycles. The van der Waals surface area contributed by atoms with Crippen LogP contribution < -0.4 is 0 Å². The van der Waals surface area contributed by atoms with Crippen LogP contribution in [0.3, 0.4) is 0 Å². The Balaban J connectivity index is 2.21. The monoisotopic (exact) mass is 213 g/mol. The van der Waals surface area contributed by atoms with Crippen LogP contribution in [0.1, 0.15) is 16.8 Å². The molecule has 1 aromatic heterocycles. The second-order valence-corrected chi connectivity index (χ2v) is 3.75. The molecule has 0 unspecified atom stereocenters. The molecule has 0 atom stereocenters. The molecule has 16 heavy (non-hydrogen) atoms. The number of aliphatic hydroxyl groups is 1. The van der Waals surface area contributed by atoms with E-state index in [1.54, 1.807) is 6.20 Å². The van der Waals surface area contributed by atoms with Gasteiger partial charge in [0.1, 0.15) is 0 Å². The van der Waals surface area contributed by atoms with E-state index in [1.165, 1.54) is 11.1 Å². The summed E-state index contributed by atoms with van der Waals surface area (Å²) in [5.41, 5.74) is 3.46. The molecule has 0 aliphatic rings. The van der Waals surface area contributed by atoms with Gasteiger partial charge in [0, 0.05) is 24.9 Å². The predicted molar refractivity (Wildman–Crippen MR) is 64.3 cm³/mol. The highest BCUT2D eigenvalue weighted by Crippen LogP contribution is 2.12. The van der Waals surface area contributed by atoms with E-state index in [2.05, 4.69) is 23.2 Å². The van der Waals surface area contributed by atoms with Gasteiger partial charge < -0.3 is 5.11 Å². The lowest BCUT2D eigenvalue weighted by Gasteiger charge is -2.07. The highest BCUT2D eigenvalue weighted by atomic mass is 16.3. The fourth-order valence-electron chi connectivity index (χ4n) is 1.78. The Kier molecular flexibility index (Phi) is 3.67. The van der Waals surface area contributed by atoms with Gasteiger partial charge in [-0.15, -0.1) is 0 Å². The zero-order valence-electron chi connectivity index (χ0n) is 9.13. The van der Waals surface area contributed by atoms with Gasteiger partial charge in [-0.1, -0.05) is 36.4 Å². The molecule has 1 aromatic carbocycles. The van der Waals surface area contributed by atoms with Crippen molar-refractivity contribution in [2.75, 3.05) is 6.61 Å². The van der Waals surface area contributed by atoms with Gasteiger partial charge in [0.15, 0.2) is 0 Å². The summed E-state index contributed by atoms with van der Waals surface area (Å²) >= 11 is 0. The van der Waals surface area contributed by atoms with Crippen molar-refractivity contribution in [1.82, 2.24) is 4.98 Å². The van der Waals surface area contributed by atoms with Crippen LogP contribution in [-0.2, 0) is 12.8 Å². The Hall–Kier alpha value is -1.67. The van der Waals surface area contributed by atoms with Gasteiger partial charge in [0.05, 0.1) is 0 Å². The summed E-state index contributed by atoms with van der Waals surface area (Å²) in [6, 6.07) is 14.3. The van der Waals surface area contributed by atoms with Crippen LogP contribution in [0.5, 0.6) is 0 Å². The predicted octanol–water partition coefficient (Wildman–Crippen LogP) is 2.21. The van der Waals surface area contributed by atoms with Crippen LogP contribution in [0, 0.1) is 0 Å². The van der Waals surface area contributed by atoms with E-state index in [-0.39, 0.29) is 6.61 Å². The molecule has 0 saturated heterocycles. The number of rotatable bonds is 4. The van der Waals surface area contributed by atoms with Crippen LogP contribution in [0.25, 0.3) is 0 Å². The summed E-state index contributed by atoms with van der Waals surface area (Å²) < 4.78 is 0. The molecule has 0 aliphatic heterocycles.